The zero-order chi connectivity index (χ0) is 39.1. The number of para-hydroxylation sites is 2. The number of fused-ring (bicyclic) bond motifs is 5. The fourth-order valence-electron chi connectivity index (χ4n) is 8.65. The maximum atomic E-state index is 2.48. The lowest BCUT2D eigenvalue weighted by atomic mass is 9.72. The highest BCUT2D eigenvalue weighted by atomic mass is 15.1. The molecule has 0 saturated heterocycles. The Morgan fingerprint density at radius 3 is 1.77 bits per heavy atom. The monoisotopic (exact) mass is 736 g/mol. The van der Waals surface area contributed by atoms with E-state index in [1.54, 1.807) is 0 Å². The van der Waals surface area contributed by atoms with Crippen molar-refractivity contribution in [2.75, 3.05) is 11.9 Å². The van der Waals surface area contributed by atoms with Gasteiger partial charge in [0.15, 0.2) is 0 Å². The minimum atomic E-state index is -0.281. The van der Waals surface area contributed by atoms with Gasteiger partial charge in [0.2, 0.25) is 0 Å². The van der Waals surface area contributed by atoms with Gasteiger partial charge in [0.05, 0.1) is 11.2 Å². The van der Waals surface area contributed by atoms with E-state index in [0.717, 1.165) is 11.4 Å². The smallest absolute Gasteiger partial charge is 0.0616 e. The molecule has 57 heavy (non-hydrogen) atoms. The minimum Gasteiger partial charge on any atom is -0.344 e. The van der Waals surface area contributed by atoms with E-state index < -0.39 is 0 Å². The number of benzene rings is 7. The van der Waals surface area contributed by atoms with Crippen molar-refractivity contribution in [1.29, 1.82) is 0 Å². The highest BCUT2D eigenvalue weighted by Gasteiger charge is 2.33. The standard InChI is InChI=1S/C55H48N2/c1-38(2)36-44-29-35-49-48-21-13-15-23-53(48)57(46-32-26-42(27-33-46)40-18-10-7-11-19-40)54(49)50-34-28-43(37-51(50)55(44,3)4)47-20-12-14-22-52(47)56(5)45-30-24-41(25-31-45)39-16-8-6-9-17-39/h6-38H,1-5H3/b35-29-,44-36-. The Hall–Kier alpha value is -6.64. The number of allylic oxidation sites excluding steroid dienone is 3. The molecule has 0 unspecified atom stereocenters. The maximum absolute atomic E-state index is 2.48. The third-order valence-electron chi connectivity index (χ3n) is 11.7. The van der Waals surface area contributed by atoms with E-state index in [0.29, 0.717) is 5.92 Å². The first kappa shape index (κ1) is 36.0. The molecule has 1 aliphatic rings. The molecule has 8 aromatic rings. The zero-order valence-corrected chi connectivity index (χ0v) is 33.4. The first-order chi connectivity index (χ1) is 27.8. The van der Waals surface area contributed by atoms with Crippen molar-refractivity contribution in [2.45, 2.75) is 33.1 Å². The number of anilines is 2. The normalized spacial score (nSPS) is 14.5. The van der Waals surface area contributed by atoms with Crippen LogP contribution in [0, 0.1) is 5.92 Å². The van der Waals surface area contributed by atoms with Crippen molar-refractivity contribution in [2.24, 2.45) is 5.92 Å². The summed E-state index contributed by atoms with van der Waals surface area (Å²) in [7, 11) is 2.18. The van der Waals surface area contributed by atoms with Crippen LogP contribution >= 0.6 is 0 Å². The molecule has 0 N–H and O–H groups in total. The summed E-state index contributed by atoms with van der Waals surface area (Å²) in [5, 5.41) is 1.25. The van der Waals surface area contributed by atoms with Gasteiger partial charge in [-0.3, -0.25) is 0 Å². The molecular formula is C55H48N2. The van der Waals surface area contributed by atoms with Gasteiger partial charge in [0.1, 0.15) is 0 Å². The van der Waals surface area contributed by atoms with E-state index >= 15 is 0 Å². The van der Waals surface area contributed by atoms with Crippen LogP contribution in [0.25, 0.3) is 67.3 Å². The molecule has 0 fully saturated rings. The van der Waals surface area contributed by atoms with Gasteiger partial charge < -0.3 is 9.47 Å². The largest absolute Gasteiger partial charge is 0.344 e. The van der Waals surface area contributed by atoms with Crippen LogP contribution in [0.1, 0.15) is 38.8 Å². The third-order valence-corrected chi connectivity index (χ3v) is 11.7. The molecule has 0 saturated carbocycles. The lowest BCUT2D eigenvalue weighted by Crippen LogP contribution is -2.22. The Labute approximate surface area is 337 Å². The molecule has 0 amide bonds. The van der Waals surface area contributed by atoms with E-state index in [2.05, 4.69) is 238 Å². The maximum Gasteiger partial charge on any atom is 0.0616 e. The van der Waals surface area contributed by atoms with Gasteiger partial charge in [-0.25, -0.2) is 0 Å². The number of aromatic nitrogens is 1. The van der Waals surface area contributed by atoms with Gasteiger partial charge in [-0.2, -0.15) is 0 Å². The molecule has 1 aromatic heterocycles. The van der Waals surface area contributed by atoms with Crippen LogP contribution in [0.4, 0.5) is 11.4 Å². The Morgan fingerprint density at radius 2 is 1.11 bits per heavy atom. The summed E-state index contributed by atoms with van der Waals surface area (Å²) >= 11 is 0. The highest BCUT2D eigenvalue weighted by Crippen LogP contribution is 2.48. The van der Waals surface area contributed by atoms with Crippen LogP contribution < -0.4 is 4.90 Å². The second-order valence-electron chi connectivity index (χ2n) is 16.1. The summed E-state index contributed by atoms with van der Waals surface area (Å²) in [5.74, 6) is 0.404. The number of hydrogen-bond donors (Lipinski definition) is 0. The van der Waals surface area contributed by atoms with Crippen LogP contribution in [0.3, 0.4) is 0 Å². The van der Waals surface area contributed by atoms with Crippen molar-refractivity contribution in [1.82, 2.24) is 4.57 Å². The molecule has 9 rings (SSSR count). The summed E-state index contributed by atoms with van der Waals surface area (Å²) in [6.07, 6.45) is 7.19. The number of nitrogens with zero attached hydrogens (tertiary/aromatic N) is 2. The predicted molar refractivity (Wildman–Crippen MR) is 245 cm³/mol. The second kappa shape index (κ2) is 14.8. The summed E-state index contributed by atoms with van der Waals surface area (Å²) in [6.45, 7) is 9.35. The summed E-state index contributed by atoms with van der Waals surface area (Å²) in [5.41, 5.74) is 18.0. The van der Waals surface area contributed by atoms with Crippen molar-refractivity contribution in [3.63, 3.8) is 0 Å². The molecule has 0 aliphatic heterocycles. The molecule has 1 aliphatic carbocycles. The van der Waals surface area contributed by atoms with E-state index in [9.17, 15) is 0 Å². The van der Waals surface area contributed by atoms with Gasteiger partial charge in [0, 0.05) is 51.6 Å². The van der Waals surface area contributed by atoms with Crippen molar-refractivity contribution >= 4 is 28.4 Å². The van der Waals surface area contributed by atoms with Crippen LogP contribution in [-0.4, -0.2) is 11.6 Å². The fraction of sp³-hybridized carbons (Fsp3) is 0.127. The van der Waals surface area contributed by atoms with Crippen LogP contribution in [0.15, 0.2) is 194 Å². The molecule has 1 heterocycles. The van der Waals surface area contributed by atoms with Crippen LogP contribution in [-0.2, 0) is 5.41 Å². The summed E-state index contributed by atoms with van der Waals surface area (Å²) in [6, 6.07) is 64.1. The molecule has 0 spiro atoms. The average Bonchev–Trinajstić information content (AvgIpc) is 3.58. The Kier molecular flexibility index (Phi) is 9.34. The average molecular weight is 737 g/mol. The van der Waals surface area contributed by atoms with Gasteiger partial charge in [0.25, 0.3) is 0 Å². The molecule has 7 aromatic carbocycles. The number of rotatable bonds is 7. The molecule has 278 valence electrons. The van der Waals surface area contributed by atoms with Crippen molar-refractivity contribution in [3.8, 4) is 50.3 Å². The predicted octanol–water partition coefficient (Wildman–Crippen LogP) is 15.0. The van der Waals surface area contributed by atoms with Crippen LogP contribution in [0.5, 0.6) is 0 Å². The lowest BCUT2D eigenvalue weighted by molar-refractivity contribution is 0.628. The van der Waals surface area contributed by atoms with E-state index in [4.69, 9.17) is 0 Å². The Morgan fingerprint density at radius 1 is 0.544 bits per heavy atom. The molecule has 0 atom stereocenters. The zero-order valence-electron chi connectivity index (χ0n) is 33.4. The quantitative estimate of drug-likeness (QED) is 0.158. The van der Waals surface area contributed by atoms with E-state index in [1.807, 2.05) is 0 Å². The first-order valence-corrected chi connectivity index (χ1v) is 20.1. The van der Waals surface area contributed by atoms with Crippen molar-refractivity contribution < 1.29 is 0 Å². The highest BCUT2D eigenvalue weighted by molar-refractivity contribution is 6.01. The Bertz CT molecular complexity index is 2760. The SMILES string of the molecule is CC(C)/C=C1/C=C\c2c(n(-c3ccc(-c4ccccc4)cc3)c3ccccc23)-c2ccc(-c3ccccc3N(C)c3ccc(-c4ccccc4)cc3)cc2C1(C)C. The van der Waals surface area contributed by atoms with Gasteiger partial charge in [-0.05, 0) is 87.3 Å². The lowest BCUT2D eigenvalue weighted by Gasteiger charge is -2.33. The molecule has 2 nitrogen and oxygen atoms in total. The summed E-state index contributed by atoms with van der Waals surface area (Å²) < 4.78 is 2.48. The Balaban J connectivity index is 1.22. The summed E-state index contributed by atoms with van der Waals surface area (Å²) in [4.78, 5) is 2.31. The van der Waals surface area contributed by atoms with E-state index in [1.165, 1.54) is 77.9 Å². The van der Waals surface area contributed by atoms with Gasteiger partial charge in [-0.1, -0.05) is 179 Å². The minimum absolute atomic E-state index is 0.281. The van der Waals surface area contributed by atoms with Crippen molar-refractivity contribution in [3.05, 3.63) is 205 Å². The molecule has 0 bridgehead atoms. The van der Waals surface area contributed by atoms with Crippen LogP contribution in [0.2, 0.25) is 0 Å². The van der Waals surface area contributed by atoms with E-state index in [-0.39, 0.29) is 5.41 Å². The second-order valence-corrected chi connectivity index (χ2v) is 16.1. The number of hydrogen-bond acceptors (Lipinski definition) is 1. The first-order valence-electron chi connectivity index (χ1n) is 20.1. The van der Waals surface area contributed by atoms with Gasteiger partial charge >= 0.3 is 0 Å². The molecule has 2 heteroatoms. The molecule has 0 radical (unpaired) electrons. The third kappa shape index (κ3) is 6.62. The molecular weight excluding hydrogens is 689 g/mol. The topological polar surface area (TPSA) is 8.17 Å². The van der Waals surface area contributed by atoms with Gasteiger partial charge in [-0.15, -0.1) is 0 Å². The fourth-order valence-corrected chi connectivity index (χ4v) is 8.65.